The Hall–Kier alpha value is -0.670. The van der Waals surface area contributed by atoms with Gasteiger partial charge in [0.2, 0.25) is 0 Å². The van der Waals surface area contributed by atoms with E-state index in [1.807, 2.05) is 13.8 Å². The molecule has 2 bridgehead atoms. The maximum absolute atomic E-state index is 11.3. The van der Waals surface area contributed by atoms with Gasteiger partial charge in [0, 0.05) is 0 Å². The average Bonchev–Trinajstić information content (AvgIpc) is 2.34. The lowest BCUT2D eigenvalue weighted by Crippen LogP contribution is -2.33. The minimum absolute atomic E-state index is 0.0248. The average molecular weight is 168 g/mol. The molecule has 0 amide bonds. The lowest BCUT2D eigenvalue weighted by Gasteiger charge is -2.20. The van der Waals surface area contributed by atoms with Gasteiger partial charge < -0.3 is 9.47 Å². The fraction of sp³-hybridized carbons (Fsp3) is 0.667. The van der Waals surface area contributed by atoms with Gasteiger partial charge in [-0.25, -0.2) is 0 Å². The lowest BCUT2D eigenvalue weighted by molar-refractivity contribution is -0.143. The van der Waals surface area contributed by atoms with E-state index in [0.29, 0.717) is 0 Å². The Morgan fingerprint density at radius 3 is 3.00 bits per heavy atom. The number of ketones is 1. The van der Waals surface area contributed by atoms with E-state index in [2.05, 4.69) is 0 Å². The molecule has 3 heteroatoms. The van der Waals surface area contributed by atoms with Crippen molar-refractivity contribution in [3.8, 4) is 0 Å². The zero-order valence-electron chi connectivity index (χ0n) is 7.24. The van der Waals surface area contributed by atoms with Crippen LogP contribution in [0.2, 0.25) is 0 Å². The van der Waals surface area contributed by atoms with Crippen LogP contribution in [0.15, 0.2) is 12.2 Å². The number of carbonyl (C=O) groups excluding carboxylic acids is 1. The molecule has 1 saturated heterocycles. The van der Waals surface area contributed by atoms with Gasteiger partial charge in [0.15, 0.2) is 11.6 Å². The molecule has 2 heterocycles. The number of carbonyl (C=O) groups is 1. The molecule has 0 aliphatic carbocycles. The van der Waals surface area contributed by atoms with Crippen LogP contribution < -0.4 is 0 Å². The Labute approximate surface area is 71.3 Å². The Balaban J connectivity index is 2.29. The summed E-state index contributed by atoms with van der Waals surface area (Å²) in [5, 5.41) is 0. The summed E-state index contributed by atoms with van der Waals surface area (Å²) >= 11 is 0. The maximum Gasteiger partial charge on any atom is 0.187 e. The van der Waals surface area contributed by atoms with Gasteiger partial charge in [0.25, 0.3) is 0 Å². The van der Waals surface area contributed by atoms with Crippen LogP contribution in [0.4, 0.5) is 0 Å². The second kappa shape index (κ2) is 2.41. The zero-order chi connectivity index (χ0) is 8.77. The first-order chi connectivity index (χ1) is 5.64. The van der Waals surface area contributed by atoms with E-state index in [1.165, 1.54) is 0 Å². The van der Waals surface area contributed by atoms with E-state index >= 15 is 0 Å². The van der Waals surface area contributed by atoms with Gasteiger partial charge in [-0.1, -0.05) is 6.92 Å². The monoisotopic (exact) mass is 168 g/mol. The van der Waals surface area contributed by atoms with Gasteiger partial charge in [0.05, 0.1) is 6.10 Å². The smallest absolute Gasteiger partial charge is 0.187 e. The third-order valence-corrected chi connectivity index (χ3v) is 2.32. The standard InChI is InChI=1S/C9H12O3/c1-3-7-8-6(10)4-5-9(2,11-7)12-8/h4-5,7-8H,3H2,1-2H3/t7-,8-,9+/m1/s1. The normalized spacial score (nSPS) is 45.3. The van der Waals surface area contributed by atoms with Crippen LogP contribution in [0, 0.1) is 0 Å². The third-order valence-electron chi connectivity index (χ3n) is 2.32. The molecular formula is C9H12O3. The van der Waals surface area contributed by atoms with Gasteiger partial charge in [-0.15, -0.1) is 0 Å². The van der Waals surface area contributed by atoms with Crippen LogP contribution in [0.1, 0.15) is 20.3 Å². The summed E-state index contributed by atoms with van der Waals surface area (Å²) in [6.07, 6.45) is 3.61. The molecule has 0 radical (unpaired) electrons. The number of hydrogen-bond acceptors (Lipinski definition) is 3. The highest BCUT2D eigenvalue weighted by molar-refractivity contribution is 5.95. The van der Waals surface area contributed by atoms with E-state index in [-0.39, 0.29) is 18.0 Å². The predicted molar refractivity (Wildman–Crippen MR) is 42.6 cm³/mol. The first-order valence-corrected chi connectivity index (χ1v) is 4.23. The number of rotatable bonds is 1. The summed E-state index contributed by atoms with van der Waals surface area (Å²) in [6.45, 7) is 3.82. The maximum atomic E-state index is 11.3. The van der Waals surface area contributed by atoms with Crippen LogP contribution in [0.25, 0.3) is 0 Å². The van der Waals surface area contributed by atoms with Crippen molar-refractivity contribution in [1.82, 2.24) is 0 Å². The van der Waals surface area contributed by atoms with E-state index < -0.39 is 5.79 Å². The molecule has 2 aliphatic rings. The van der Waals surface area contributed by atoms with Crippen LogP contribution in [-0.2, 0) is 14.3 Å². The van der Waals surface area contributed by atoms with Crippen molar-refractivity contribution in [3.63, 3.8) is 0 Å². The summed E-state index contributed by atoms with van der Waals surface area (Å²) in [5.74, 6) is -0.629. The van der Waals surface area contributed by atoms with E-state index in [0.717, 1.165) is 6.42 Å². The predicted octanol–water partition coefficient (Wildman–Crippen LogP) is 1.04. The third kappa shape index (κ3) is 1.01. The topological polar surface area (TPSA) is 35.5 Å². The van der Waals surface area contributed by atoms with Crippen molar-refractivity contribution in [2.45, 2.75) is 38.3 Å². The zero-order valence-corrected chi connectivity index (χ0v) is 7.24. The molecule has 0 saturated carbocycles. The van der Waals surface area contributed by atoms with Crippen molar-refractivity contribution in [2.75, 3.05) is 0 Å². The van der Waals surface area contributed by atoms with Crippen molar-refractivity contribution in [2.24, 2.45) is 0 Å². The molecule has 1 fully saturated rings. The van der Waals surface area contributed by atoms with E-state index in [4.69, 9.17) is 9.47 Å². The largest absolute Gasteiger partial charge is 0.340 e. The molecule has 0 N–H and O–H groups in total. The summed E-state index contributed by atoms with van der Waals surface area (Å²) < 4.78 is 11.0. The highest BCUT2D eigenvalue weighted by atomic mass is 16.8. The minimum Gasteiger partial charge on any atom is -0.340 e. The van der Waals surface area contributed by atoms with Gasteiger partial charge in [0.1, 0.15) is 6.10 Å². The first kappa shape index (κ1) is 7.95. The molecule has 0 aromatic heterocycles. The molecule has 0 aromatic rings. The minimum atomic E-state index is -0.654. The lowest BCUT2D eigenvalue weighted by atomic mass is 10.1. The van der Waals surface area contributed by atoms with Crippen LogP contribution >= 0.6 is 0 Å². The molecule has 0 unspecified atom stereocenters. The Morgan fingerprint density at radius 1 is 1.58 bits per heavy atom. The fourth-order valence-electron chi connectivity index (χ4n) is 1.66. The van der Waals surface area contributed by atoms with Crippen LogP contribution in [-0.4, -0.2) is 23.8 Å². The second-order valence-corrected chi connectivity index (χ2v) is 3.35. The van der Waals surface area contributed by atoms with Crippen molar-refractivity contribution < 1.29 is 14.3 Å². The molecule has 0 aromatic carbocycles. The number of fused-ring (bicyclic) bond motifs is 2. The molecule has 0 spiro atoms. The van der Waals surface area contributed by atoms with Crippen LogP contribution in [0.5, 0.6) is 0 Å². The molecule has 2 aliphatic heterocycles. The van der Waals surface area contributed by atoms with Crippen molar-refractivity contribution in [3.05, 3.63) is 12.2 Å². The molecule has 3 nitrogen and oxygen atoms in total. The van der Waals surface area contributed by atoms with E-state index in [1.54, 1.807) is 12.2 Å². The first-order valence-electron chi connectivity index (χ1n) is 4.23. The van der Waals surface area contributed by atoms with Crippen LogP contribution in [0.3, 0.4) is 0 Å². The second-order valence-electron chi connectivity index (χ2n) is 3.35. The van der Waals surface area contributed by atoms with Gasteiger partial charge in [-0.2, -0.15) is 0 Å². The molecule has 3 atom stereocenters. The van der Waals surface area contributed by atoms with E-state index in [9.17, 15) is 4.79 Å². The van der Waals surface area contributed by atoms with Gasteiger partial charge in [-0.3, -0.25) is 4.79 Å². The van der Waals surface area contributed by atoms with Crippen molar-refractivity contribution in [1.29, 1.82) is 0 Å². The highest BCUT2D eigenvalue weighted by Crippen LogP contribution is 2.34. The summed E-state index contributed by atoms with van der Waals surface area (Å²) in [4.78, 5) is 11.3. The Kier molecular flexibility index (Phi) is 1.59. The molecule has 12 heavy (non-hydrogen) atoms. The summed E-state index contributed by atoms with van der Waals surface area (Å²) in [7, 11) is 0. The number of ether oxygens (including phenoxy) is 2. The van der Waals surface area contributed by atoms with Gasteiger partial charge >= 0.3 is 0 Å². The fourth-order valence-corrected chi connectivity index (χ4v) is 1.66. The quantitative estimate of drug-likeness (QED) is 0.586. The van der Waals surface area contributed by atoms with Gasteiger partial charge in [-0.05, 0) is 25.5 Å². The highest BCUT2D eigenvalue weighted by Gasteiger charge is 2.47. The Morgan fingerprint density at radius 2 is 2.33 bits per heavy atom. The van der Waals surface area contributed by atoms with Crippen molar-refractivity contribution >= 4 is 5.78 Å². The molecule has 2 rings (SSSR count). The number of hydrogen-bond donors (Lipinski definition) is 0. The Bertz CT molecular complexity index is 246. The molecular weight excluding hydrogens is 156 g/mol. The molecule has 66 valence electrons. The summed E-state index contributed by atoms with van der Waals surface area (Å²) in [5.41, 5.74) is 0. The SMILES string of the molecule is CC[C@H]1O[C@]2(C)C=CC(=O)[C@H]1O2. The summed E-state index contributed by atoms with van der Waals surface area (Å²) in [6, 6.07) is 0.